The molecule has 1 unspecified atom stereocenters. The molecule has 0 saturated heterocycles. The average molecular weight is 354 g/mol. The Morgan fingerprint density at radius 1 is 1.35 bits per heavy atom. The van der Waals surface area contributed by atoms with E-state index >= 15 is 0 Å². The second-order valence-corrected chi connectivity index (χ2v) is 6.06. The van der Waals surface area contributed by atoms with Gasteiger partial charge in [0.05, 0.1) is 5.02 Å². The van der Waals surface area contributed by atoms with Crippen LogP contribution in [-0.4, -0.2) is 11.5 Å². The van der Waals surface area contributed by atoms with Crippen molar-refractivity contribution >= 4 is 27.5 Å². The molecule has 2 rings (SSSR count). The minimum absolute atomic E-state index is 0.257. The molecule has 20 heavy (non-hydrogen) atoms. The van der Waals surface area contributed by atoms with Gasteiger partial charge in [0.1, 0.15) is 0 Å². The maximum absolute atomic E-state index is 6.22. The Balaban J connectivity index is 2.21. The van der Waals surface area contributed by atoms with Crippen LogP contribution in [0.2, 0.25) is 5.02 Å². The van der Waals surface area contributed by atoms with E-state index < -0.39 is 0 Å². The Kier molecular flexibility index (Phi) is 6.02. The normalized spacial score (nSPS) is 12.3. The van der Waals surface area contributed by atoms with E-state index in [9.17, 15) is 0 Å². The molecular weight excluding hydrogens is 336 g/mol. The molecule has 0 fully saturated rings. The van der Waals surface area contributed by atoms with Crippen molar-refractivity contribution in [2.45, 2.75) is 25.8 Å². The van der Waals surface area contributed by atoms with Gasteiger partial charge in [0, 0.05) is 22.9 Å². The smallest absolute Gasteiger partial charge is 0.0622 e. The van der Waals surface area contributed by atoms with Crippen molar-refractivity contribution in [2.75, 3.05) is 6.54 Å². The number of rotatable bonds is 6. The second-order valence-electron chi connectivity index (χ2n) is 4.73. The van der Waals surface area contributed by atoms with Crippen LogP contribution in [0.4, 0.5) is 0 Å². The highest BCUT2D eigenvalue weighted by Crippen LogP contribution is 2.24. The van der Waals surface area contributed by atoms with Gasteiger partial charge in [0.15, 0.2) is 0 Å². The van der Waals surface area contributed by atoms with Crippen LogP contribution < -0.4 is 5.32 Å². The second kappa shape index (κ2) is 7.77. The molecule has 0 aliphatic heterocycles. The van der Waals surface area contributed by atoms with Gasteiger partial charge in [-0.2, -0.15) is 0 Å². The first-order valence-corrected chi connectivity index (χ1v) is 7.95. The molecule has 1 aromatic heterocycles. The van der Waals surface area contributed by atoms with Crippen molar-refractivity contribution in [3.63, 3.8) is 0 Å². The van der Waals surface area contributed by atoms with E-state index in [4.69, 9.17) is 11.6 Å². The molecule has 0 bridgehead atoms. The molecule has 0 spiro atoms. The van der Waals surface area contributed by atoms with Crippen LogP contribution in [-0.2, 0) is 6.42 Å². The Hall–Kier alpha value is -0.900. The first-order valence-electron chi connectivity index (χ1n) is 6.78. The molecule has 1 atom stereocenters. The molecule has 2 aromatic rings. The fourth-order valence-electron chi connectivity index (χ4n) is 2.14. The molecule has 106 valence electrons. The fraction of sp³-hybridized carbons (Fsp3) is 0.312. The number of benzene rings is 1. The summed E-state index contributed by atoms with van der Waals surface area (Å²) in [6.07, 6.45) is 5.46. The van der Waals surface area contributed by atoms with Crippen LogP contribution in [0, 0.1) is 0 Å². The molecule has 0 saturated carbocycles. The minimum Gasteiger partial charge on any atom is -0.310 e. The zero-order valence-corrected chi connectivity index (χ0v) is 13.8. The number of aromatic nitrogens is 1. The predicted octanol–water partition coefficient (Wildman–Crippen LogP) is 4.78. The monoisotopic (exact) mass is 352 g/mol. The predicted molar refractivity (Wildman–Crippen MR) is 88.1 cm³/mol. The molecule has 1 aromatic carbocycles. The number of hydrogen-bond donors (Lipinski definition) is 1. The largest absolute Gasteiger partial charge is 0.310 e. The Morgan fingerprint density at radius 3 is 2.90 bits per heavy atom. The highest BCUT2D eigenvalue weighted by molar-refractivity contribution is 9.10. The van der Waals surface area contributed by atoms with Crippen LogP contribution in [0.3, 0.4) is 0 Å². The maximum Gasteiger partial charge on any atom is 0.0622 e. The van der Waals surface area contributed by atoms with E-state index in [1.54, 1.807) is 12.4 Å². The van der Waals surface area contributed by atoms with Gasteiger partial charge >= 0.3 is 0 Å². The van der Waals surface area contributed by atoms with Crippen LogP contribution in [0.15, 0.2) is 47.2 Å². The summed E-state index contributed by atoms with van der Waals surface area (Å²) in [4.78, 5) is 4.04. The maximum atomic E-state index is 6.22. The van der Waals surface area contributed by atoms with E-state index in [-0.39, 0.29) is 6.04 Å². The van der Waals surface area contributed by atoms with Gasteiger partial charge in [-0.05, 0) is 48.7 Å². The lowest BCUT2D eigenvalue weighted by Crippen LogP contribution is -2.24. The van der Waals surface area contributed by atoms with Gasteiger partial charge < -0.3 is 5.32 Å². The van der Waals surface area contributed by atoms with Crippen LogP contribution in [0.5, 0.6) is 0 Å². The number of halogens is 2. The van der Waals surface area contributed by atoms with Crippen molar-refractivity contribution in [1.29, 1.82) is 0 Å². The van der Waals surface area contributed by atoms with Crippen molar-refractivity contribution in [3.05, 3.63) is 63.3 Å². The molecule has 0 aliphatic carbocycles. The fourth-order valence-corrected chi connectivity index (χ4v) is 2.75. The first kappa shape index (κ1) is 15.5. The molecule has 1 heterocycles. The number of pyridine rings is 1. The van der Waals surface area contributed by atoms with Gasteiger partial charge in [-0.15, -0.1) is 0 Å². The van der Waals surface area contributed by atoms with E-state index in [2.05, 4.69) is 51.4 Å². The standard InChI is InChI=1S/C16H18BrClN2/c1-2-7-20-16(13-4-3-5-14(17)9-13)10-12-6-8-19-11-15(12)18/h3-6,8-9,11,16,20H,2,7,10H2,1H3. The van der Waals surface area contributed by atoms with Crippen molar-refractivity contribution in [1.82, 2.24) is 10.3 Å². The number of nitrogens with zero attached hydrogens (tertiary/aromatic N) is 1. The van der Waals surface area contributed by atoms with E-state index in [1.807, 2.05) is 12.1 Å². The molecule has 1 N–H and O–H groups in total. The summed E-state index contributed by atoms with van der Waals surface area (Å²) in [7, 11) is 0. The average Bonchev–Trinajstić information content (AvgIpc) is 2.45. The van der Waals surface area contributed by atoms with Crippen LogP contribution in [0.1, 0.15) is 30.5 Å². The van der Waals surface area contributed by atoms with Crippen molar-refractivity contribution < 1.29 is 0 Å². The third-order valence-corrected chi connectivity index (χ3v) is 4.01. The first-order chi connectivity index (χ1) is 9.70. The van der Waals surface area contributed by atoms with Gasteiger partial charge in [-0.25, -0.2) is 0 Å². The van der Waals surface area contributed by atoms with E-state index in [1.165, 1.54) is 5.56 Å². The van der Waals surface area contributed by atoms with Gasteiger partial charge in [-0.3, -0.25) is 4.98 Å². The number of hydrogen-bond acceptors (Lipinski definition) is 2. The molecule has 0 amide bonds. The quantitative estimate of drug-likeness (QED) is 0.808. The lowest BCUT2D eigenvalue weighted by Gasteiger charge is -2.20. The van der Waals surface area contributed by atoms with E-state index in [0.29, 0.717) is 0 Å². The number of nitrogens with one attached hydrogen (secondary N) is 1. The topological polar surface area (TPSA) is 24.9 Å². The minimum atomic E-state index is 0.257. The van der Waals surface area contributed by atoms with E-state index in [0.717, 1.165) is 34.4 Å². The molecule has 0 radical (unpaired) electrons. The van der Waals surface area contributed by atoms with Crippen LogP contribution in [0.25, 0.3) is 0 Å². The lowest BCUT2D eigenvalue weighted by molar-refractivity contribution is 0.529. The summed E-state index contributed by atoms with van der Waals surface area (Å²) in [5.74, 6) is 0. The molecule has 4 heteroatoms. The zero-order valence-electron chi connectivity index (χ0n) is 11.4. The van der Waals surface area contributed by atoms with Gasteiger partial charge in [0.2, 0.25) is 0 Å². The third kappa shape index (κ3) is 4.30. The highest BCUT2D eigenvalue weighted by Gasteiger charge is 2.13. The Bertz CT molecular complexity index is 560. The summed E-state index contributed by atoms with van der Waals surface area (Å²) in [6, 6.07) is 10.7. The summed E-state index contributed by atoms with van der Waals surface area (Å²) in [5, 5.41) is 4.32. The summed E-state index contributed by atoms with van der Waals surface area (Å²) < 4.78 is 1.10. The SMILES string of the molecule is CCCNC(Cc1ccncc1Cl)c1cccc(Br)c1. The molecule has 0 aliphatic rings. The van der Waals surface area contributed by atoms with Crippen molar-refractivity contribution in [3.8, 4) is 0 Å². The Morgan fingerprint density at radius 2 is 2.20 bits per heavy atom. The van der Waals surface area contributed by atoms with Gasteiger partial charge in [-0.1, -0.05) is 46.6 Å². The highest BCUT2D eigenvalue weighted by atomic mass is 79.9. The Labute approximate surface area is 133 Å². The molecule has 2 nitrogen and oxygen atoms in total. The van der Waals surface area contributed by atoms with Crippen molar-refractivity contribution in [2.24, 2.45) is 0 Å². The summed E-state index contributed by atoms with van der Waals surface area (Å²) in [5.41, 5.74) is 2.39. The third-order valence-electron chi connectivity index (χ3n) is 3.17. The zero-order chi connectivity index (χ0) is 14.4. The molecular formula is C16H18BrClN2. The lowest BCUT2D eigenvalue weighted by atomic mass is 9.99. The van der Waals surface area contributed by atoms with Gasteiger partial charge in [0.25, 0.3) is 0 Å². The summed E-state index contributed by atoms with van der Waals surface area (Å²) >= 11 is 9.76. The summed E-state index contributed by atoms with van der Waals surface area (Å²) in [6.45, 7) is 3.16. The van der Waals surface area contributed by atoms with Crippen LogP contribution >= 0.6 is 27.5 Å².